The Kier molecular flexibility index (Phi) is 6.34. The third kappa shape index (κ3) is 4.56. The summed E-state index contributed by atoms with van der Waals surface area (Å²) in [6, 6.07) is 12.4. The summed E-state index contributed by atoms with van der Waals surface area (Å²) in [5, 5.41) is 4.87. The summed E-state index contributed by atoms with van der Waals surface area (Å²) in [6.45, 7) is 3.98. The summed E-state index contributed by atoms with van der Waals surface area (Å²) >= 11 is 7.01. The van der Waals surface area contributed by atoms with Gasteiger partial charge in [0.25, 0.3) is 11.1 Å². The number of rotatable bonds is 7. The Hall–Kier alpha value is -3.49. The number of ether oxygens (including phenoxy) is 2. The molecule has 0 aliphatic rings. The summed E-state index contributed by atoms with van der Waals surface area (Å²) in [5.74, 6) is 1.11. The number of hydrogen-bond acceptors (Lipinski definition) is 7. The Labute approximate surface area is 191 Å². The quantitative estimate of drug-likeness (QED) is 0.389. The molecule has 0 saturated carbocycles. The predicted octanol–water partition coefficient (Wildman–Crippen LogP) is 2.88. The Balaban J connectivity index is 1.73. The van der Waals surface area contributed by atoms with Gasteiger partial charge in [0.05, 0.1) is 11.6 Å². The van der Waals surface area contributed by atoms with E-state index in [0.717, 1.165) is 22.5 Å². The molecule has 0 fully saturated rings. The molecule has 0 spiro atoms. The van der Waals surface area contributed by atoms with Crippen LogP contribution < -0.4 is 25.1 Å². The van der Waals surface area contributed by atoms with Gasteiger partial charge in [-0.25, -0.2) is 0 Å². The van der Waals surface area contributed by atoms with Gasteiger partial charge in [-0.2, -0.15) is 14.6 Å². The molecule has 0 bridgehead atoms. The second-order valence-electron chi connectivity index (χ2n) is 6.79. The highest BCUT2D eigenvalue weighted by atomic mass is 35.5. The van der Waals surface area contributed by atoms with Crippen LogP contribution in [0.5, 0.6) is 11.5 Å². The third-order valence-electron chi connectivity index (χ3n) is 4.58. The molecule has 0 amide bonds. The number of aromatic nitrogens is 3. The first kappa shape index (κ1) is 21.7. The first-order valence-electron chi connectivity index (χ1n) is 9.59. The van der Waals surface area contributed by atoms with E-state index in [1.165, 1.54) is 4.52 Å². The molecule has 2 aromatic heterocycles. The van der Waals surface area contributed by atoms with E-state index in [2.05, 4.69) is 16.7 Å². The predicted molar refractivity (Wildman–Crippen MR) is 125 cm³/mol. The van der Waals surface area contributed by atoms with Gasteiger partial charge in [0.2, 0.25) is 4.96 Å². The van der Waals surface area contributed by atoms with Crippen LogP contribution in [0.15, 0.2) is 64.7 Å². The number of halogens is 1. The van der Waals surface area contributed by atoms with Crippen LogP contribution in [0.3, 0.4) is 0 Å². The molecule has 0 aliphatic heterocycles. The van der Waals surface area contributed by atoms with E-state index >= 15 is 0 Å². The van der Waals surface area contributed by atoms with Gasteiger partial charge in [0.15, 0.2) is 11.5 Å². The lowest BCUT2D eigenvalue weighted by Gasteiger charge is -2.09. The van der Waals surface area contributed by atoms with Crippen molar-refractivity contribution in [2.75, 3.05) is 13.7 Å². The number of hydrogen-bond donors (Lipinski definition) is 0. The van der Waals surface area contributed by atoms with Crippen molar-refractivity contribution < 1.29 is 9.47 Å². The molecule has 4 aromatic rings. The molecule has 0 atom stereocenters. The van der Waals surface area contributed by atoms with Crippen LogP contribution in [0.2, 0.25) is 5.02 Å². The monoisotopic (exact) mass is 467 g/mol. The standard InChI is InChI=1S/C23H18ClN3O4S/c1-3-10-31-18-9-6-15(12-19(18)30-2)13-20-22(29)27-23(32-20)25-21(28)17(26-27)11-14-4-7-16(24)8-5-14/h3-9,12-13H,1,10-11H2,2H3. The van der Waals surface area contributed by atoms with E-state index in [0.29, 0.717) is 27.7 Å². The van der Waals surface area contributed by atoms with E-state index in [-0.39, 0.29) is 22.6 Å². The maximum atomic E-state index is 12.9. The highest BCUT2D eigenvalue weighted by Crippen LogP contribution is 2.28. The first-order valence-corrected chi connectivity index (χ1v) is 10.8. The summed E-state index contributed by atoms with van der Waals surface area (Å²) in [6.07, 6.45) is 3.60. The van der Waals surface area contributed by atoms with Crippen LogP contribution >= 0.6 is 22.9 Å². The molecule has 0 aliphatic carbocycles. The van der Waals surface area contributed by atoms with Crippen LogP contribution in [0.4, 0.5) is 0 Å². The van der Waals surface area contributed by atoms with E-state index in [1.807, 2.05) is 0 Å². The molecule has 9 heteroatoms. The van der Waals surface area contributed by atoms with Crippen molar-refractivity contribution >= 4 is 34.0 Å². The van der Waals surface area contributed by atoms with Crippen LogP contribution in [-0.2, 0) is 6.42 Å². The van der Waals surface area contributed by atoms with Gasteiger partial charge in [-0.15, -0.1) is 0 Å². The van der Waals surface area contributed by atoms with Crippen molar-refractivity contribution in [3.8, 4) is 11.5 Å². The average molecular weight is 468 g/mol. The van der Waals surface area contributed by atoms with Crippen molar-refractivity contribution in [3.63, 3.8) is 0 Å². The lowest BCUT2D eigenvalue weighted by molar-refractivity contribution is 0.326. The number of nitrogens with zero attached hydrogens (tertiary/aromatic N) is 3. The largest absolute Gasteiger partial charge is 0.493 e. The molecular formula is C23H18ClN3O4S. The molecule has 0 saturated heterocycles. The lowest BCUT2D eigenvalue weighted by atomic mass is 10.1. The van der Waals surface area contributed by atoms with Crippen LogP contribution in [-0.4, -0.2) is 28.3 Å². The summed E-state index contributed by atoms with van der Waals surface area (Å²) < 4.78 is 12.5. The Bertz CT molecular complexity index is 1460. The van der Waals surface area contributed by atoms with Crippen molar-refractivity contribution in [2.45, 2.75) is 6.42 Å². The number of methoxy groups -OCH3 is 1. The normalized spacial score (nSPS) is 11.6. The zero-order valence-electron chi connectivity index (χ0n) is 17.1. The fourth-order valence-electron chi connectivity index (χ4n) is 3.04. The second-order valence-corrected chi connectivity index (χ2v) is 8.23. The lowest BCUT2D eigenvalue weighted by Crippen LogP contribution is -2.28. The summed E-state index contributed by atoms with van der Waals surface area (Å²) in [7, 11) is 1.54. The van der Waals surface area contributed by atoms with Crippen LogP contribution in [0.1, 0.15) is 16.8 Å². The number of fused-ring (bicyclic) bond motifs is 1. The second kappa shape index (κ2) is 9.33. The van der Waals surface area contributed by atoms with Crippen LogP contribution in [0.25, 0.3) is 11.0 Å². The number of thiazole rings is 1. The molecular weight excluding hydrogens is 450 g/mol. The zero-order valence-corrected chi connectivity index (χ0v) is 18.7. The fourth-order valence-corrected chi connectivity index (χ4v) is 4.07. The van der Waals surface area contributed by atoms with Crippen molar-refractivity contribution in [1.29, 1.82) is 0 Å². The van der Waals surface area contributed by atoms with Crippen molar-refractivity contribution in [3.05, 3.63) is 102 Å². The molecule has 0 radical (unpaired) electrons. The molecule has 162 valence electrons. The van der Waals surface area contributed by atoms with Crippen LogP contribution in [0, 0.1) is 0 Å². The number of benzene rings is 2. The van der Waals surface area contributed by atoms with E-state index in [9.17, 15) is 9.59 Å². The van der Waals surface area contributed by atoms with E-state index in [4.69, 9.17) is 21.1 Å². The van der Waals surface area contributed by atoms with Gasteiger partial charge >= 0.3 is 0 Å². The van der Waals surface area contributed by atoms with Crippen molar-refractivity contribution in [2.24, 2.45) is 0 Å². The maximum Gasteiger partial charge on any atom is 0.296 e. The molecule has 32 heavy (non-hydrogen) atoms. The minimum absolute atomic E-state index is 0.191. The maximum absolute atomic E-state index is 12.9. The van der Waals surface area contributed by atoms with Crippen molar-refractivity contribution in [1.82, 2.24) is 14.6 Å². The molecule has 4 rings (SSSR count). The van der Waals surface area contributed by atoms with Gasteiger partial charge in [-0.1, -0.05) is 53.8 Å². The topological polar surface area (TPSA) is 82.8 Å². The Morgan fingerprint density at radius 2 is 1.94 bits per heavy atom. The van der Waals surface area contributed by atoms with Gasteiger partial charge in [0.1, 0.15) is 12.3 Å². The molecule has 2 heterocycles. The van der Waals surface area contributed by atoms with Gasteiger partial charge in [-0.05, 0) is 41.5 Å². The molecule has 0 N–H and O–H groups in total. The minimum atomic E-state index is -0.460. The fraction of sp³-hybridized carbons (Fsp3) is 0.130. The zero-order chi connectivity index (χ0) is 22.7. The molecule has 0 unspecified atom stereocenters. The highest BCUT2D eigenvalue weighted by Gasteiger charge is 2.12. The van der Waals surface area contributed by atoms with E-state index < -0.39 is 5.56 Å². The Morgan fingerprint density at radius 1 is 1.16 bits per heavy atom. The summed E-state index contributed by atoms with van der Waals surface area (Å²) in [5.41, 5.74) is 0.970. The average Bonchev–Trinajstić information content (AvgIpc) is 3.08. The minimum Gasteiger partial charge on any atom is -0.493 e. The smallest absolute Gasteiger partial charge is 0.296 e. The first-order chi connectivity index (χ1) is 15.5. The SMILES string of the molecule is C=CCOc1ccc(C=c2sc3nc(=O)c(Cc4ccc(Cl)cc4)nn3c2=O)cc1OC. The van der Waals surface area contributed by atoms with Gasteiger partial charge in [0, 0.05) is 11.4 Å². The summed E-state index contributed by atoms with van der Waals surface area (Å²) in [4.78, 5) is 29.6. The third-order valence-corrected chi connectivity index (χ3v) is 5.79. The highest BCUT2D eigenvalue weighted by molar-refractivity contribution is 7.15. The van der Waals surface area contributed by atoms with E-state index in [1.54, 1.807) is 61.7 Å². The molecule has 2 aromatic carbocycles. The Morgan fingerprint density at radius 3 is 2.66 bits per heavy atom. The molecule has 7 nitrogen and oxygen atoms in total. The van der Waals surface area contributed by atoms with Gasteiger partial charge < -0.3 is 9.47 Å². The van der Waals surface area contributed by atoms with Gasteiger partial charge in [-0.3, -0.25) is 9.59 Å².